The van der Waals surface area contributed by atoms with Crippen molar-refractivity contribution in [2.45, 2.75) is 82.9 Å². The highest BCUT2D eigenvalue weighted by Crippen LogP contribution is 2.68. The first-order valence-electron chi connectivity index (χ1n) is 10.7. The van der Waals surface area contributed by atoms with Crippen LogP contribution in [0.1, 0.15) is 0 Å². The molecule has 0 aromatic carbocycles. The fourth-order valence-corrected chi connectivity index (χ4v) is 2.89. The van der Waals surface area contributed by atoms with Gasteiger partial charge in [-0.15, -0.1) is 0 Å². The van der Waals surface area contributed by atoms with Crippen molar-refractivity contribution in [1.29, 1.82) is 0 Å². The molecule has 0 amide bonds. The summed E-state index contributed by atoms with van der Waals surface area (Å²) < 4.78 is 382. The van der Waals surface area contributed by atoms with Crippen molar-refractivity contribution in [3.05, 3.63) is 0 Å². The van der Waals surface area contributed by atoms with Crippen LogP contribution in [0.5, 0.6) is 0 Å². The van der Waals surface area contributed by atoms with E-state index in [-0.39, 0.29) is 12.2 Å². The van der Waals surface area contributed by atoms with Gasteiger partial charge in [-0.05, 0) is 0 Å². The maximum Gasteiger partial charge on any atom is 0.385 e. The van der Waals surface area contributed by atoms with Gasteiger partial charge in [0.05, 0.1) is 0 Å². The minimum Gasteiger partial charge on any atom is -0.211 e. The topological polar surface area (TPSA) is 58.9 Å². The molecule has 0 aliphatic carbocycles. The van der Waals surface area contributed by atoms with Crippen molar-refractivity contribution >= 4 is 12.2 Å². The molecule has 0 bridgehead atoms. The van der Waals surface area contributed by atoms with Crippen LogP contribution < -0.4 is 0 Å². The molecule has 0 saturated heterocycles. The zero-order chi connectivity index (χ0) is 41.2. The van der Waals surface area contributed by atoms with E-state index in [1.807, 2.05) is 0 Å². The zero-order valence-corrected chi connectivity index (χ0v) is 21.7. The second kappa shape index (κ2) is 12.2. The van der Waals surface area contributed by atoms with Gasteiger partial charge in [0.25, 0.3) is 0 Å². The number of carbonyl (C=O) groups excluding carboxylic acids is 2. The number of isocyanates is 2. The highest BCUT2D eigenvalue weighted by Gasteiger charge is 3.00. The van der Waals surface area contributed by atoms with Crippen LogP contribution in [0.15, 0.2) is 9.98 Å². The van der Waals surface area contributed by atoms with E-state index < -0.39 is 96.0 Å². The predicted octanol–water partition coefficient (Wildman–Crippen LogP) is 8.55. The first kappa shape index (κ1) is 46.8. The fourth-order valence-electron chi connectivity index (χ4n) is 2.89. The van der Waals surface area contributed by atoms with E-state index in [2.05, 4.69) is 0 Å². The Morgan fingerprint density at radius 1 is 0.260 bits per heavy atom. The molecule has 0 radical (unpaired) electrons. The van der Waals surface area contributed by atoms with Gasteiger partial charge in [0.1, 0.15) is 13.1 Å². The van der Waals surface area contributed by atoms with Crippen LogP contribution in [0.3, 0.4) is 0 Å². The van der Waals surface area contributed by atoms with Gasteiger partial charge in [0, 0.05) is 0 Å². The number of nitrogens with zero attached hydrogens (tertiary/aromatic N) is 2. The van der Waals surface area contributed by atoms with Crippen molar-refractivity contribution in [2.75, 3.05) is 13.1 Å². The minimum atomic E-state index is -9.94. The lowest BCUT2D eigenvalue weighted by atomic mass is 9.83. The SMILES string of the molecule is O=C=NCC(F)(F)C(F)(F)C(F)(F)C(F)(F)C(F)(F)C(F)(F)C(F)(F)C(F)(F)C(F)(F)C(F)(F)C(F)(F)C(F)(F)C(F)(F)C(F)(F)CN=C=O. The molecular formula is C18H4F28N2O2. The molecule has 0 rings (SSSR count). The van der Waals surface area contributed by atoms with E-state index in [1.54, 1.807) is 0 Å². The fraction of sp³-hybridized carbons (Fsp3) is 0.889. The summed E-state index contributed by atoms with van der Waals surface area (Å²) in [5, 5.41) is 0. The molecule has 32 heteroatoms. The van der Waals surface area contributed by atoms with E-state index in [1.165, 1.54) is 9.98 Å². The third kappa shape index (κ3) is 5.61. The second-order valence-corrected chi connectivity index (χ2v) is 9.12. The third-order valence-electron chi connectivity index (χ3n) is 5.94. The van der Waals surface area contributed by atoms with E-state index in [0.717, 1.165) is 0 Å². The summed E-state index contributed by atoms with van der Waals surface area (Å²) in [4.78, 5) is 22.0. The van der Waals surface area contributed by atoms with Crippen LogP contribution in [0.25, 0.3) is 0 Å². The smallest absolute Gasteiger partial charge is 0.211 e. The van der Waals surface area contributed by atoms with Crippen molar-refractivity contribution in [1.82, 2.24) is 0 Å². The zero-order valence-electron chi connectivity index (χ0n) is 21.7. The average Bonchev–Trinajstić information content (AvgIpc) is 2.93. The third-order valence-corrected chi connectivity index (χ3v) is 5.94. The number of aliphatic imine (C=N–C) groups is 2. The Bertz CT molecular complexity index is 1250. The molecule has 4 nitrogen and oxygen atoms in total. The molecule has 294 valence electrons. The summed E-state index contributed by atoms with van der Waals surface area (Å²) in [6, 6.07) is 0. The van der Waals surface area contributed by atoms with Crippen LogP contribution in [-0.2, 0) is 9.59 Å². The molecule has 0 aromatic rings. The summed E-state index contributed by atoms with van der Waals surface area (Å²) in [5.74, 6) is -127. The molecule has 0 unspecified atom stereocenters. The second-order valence-electron chi connectivity index (χ2n) is 9.12. The van der Waals surface area contributed by atoms with Gasteiger partial charge in [-0.2, -0.15) is 133 Å². The van der Waals surface area contributed by atoms with Crippen molar-refractivity contribution in [3.8, 4) is 0 Å². The first-order valence-corrected chi connectivity index (χ1v) is 10.7. The molecule has 0 aromatic heterocycles. The average molecular weight is 812 g/mol. The Morgan fingerprint density at radius 2 is 0.380 bits per heavy atom. The van der Waals surface area contributed by atoms with Crippen LogP contribution in [0, 0.1) is 0 Å². The van der Waals surface area contributed by atoms with E-state index in [9.17, 15) is 133 Å². The lowest BCUT2D eigenvalue weighted by molar-refractivity contribution is -0.484. The summed E-state index contributed by atoms with van der Waals surface area (Å²) in [6.45, 7) is -7.11. The molecule has 0 N–H and O–H groups in total. The number of alkyl halides is 28. The normalized spacial score (nSPS) is 16.2. The first-order chi connectivity index (χ1) is 21.4. The van der Waals surface area contributed by atoms with Crippen LogP contribution in [-0.4, -0.2) is 108 Å². The van der Waals surface area contributed by atoms with Crippen molar-refractivity contribution in [3.63, 3.8) is 0 Å². The lowest BCUT2D eigenvalue weighted by Crippen LogP contribution is -2.79. The molecule has 0 aliphatic rings. The standard InChI is InChI=1S/C18H4F28N2O2/c19-5(20,1-47-3-49)7(23,24)9(27,28)11(31,32)13(35,36)15(39,40)17(43,44)18(45,46)16(41,42)14(37,38)12(33,34)10(29,30)8(25,26)6(21,22)2-48-4-50/h1-2H2. The van der Waals surface area contributed by atoms with E-state index >= 15 is 0 Å². The Morgan fingerprint density at radius 3 is 0.500 bits per heavy atom. The van der Waals surface area contributed by atoms with Crippen LogP contribution >= 0.6 is 0 Å². The molecule has 0 spiro atoms. The molecule has 0 saturated carbocycles. The largest absolute Gasteiger partial charge is 0.385 e. The Kier molecular flexibility index (Phi) is 11.4. The number of rotatable bonds is 17. The van der Waals surface area contributed by atoms with E-state index in [4.69, 9.17) is 0 Å². The summed E-state index contributed by atoms with van der Waals surface area (Å²) in [5.41, 5.74) is 0. The van der Waals surface area contributed by atoms with Crippen LogP contribution in [0.2, 0.25) is 0 Å². The molecule has 0 heterocycles. The highest BCUT2D eigenvalue weighted by atomic mass is 19.4. The maximum atomic E-state index is 13.8. The molecule has 0 atom stereocenters. The highest BCUT2D eigenvalue weighted by molar-refractivity contribution is 5.33. The molecule has 0 aliphatic heterocycles. The number of halogens is 28. The Balaban J connectivity index is 7.58. The number of hydrogen-bond donors (Lipinski definition) is 0. The number of hydrogen-bond acceptors (Lipinski definition) is 4. The summed E-state index contributed by atoms with van der Waals surface area (Å²) in [7, 11) is 0. The monoisotopic (exact) mass is 812 g/mol. The van der Waals surface area contributed by atoms with Gasteiger partial charge >= 0.3 is 82.9 Å². The van der Waals surface area contributed by atoms with E-state index in [0.29, 0.717) is 0 Å². The van der Waals surface area contributed by atoms with Gasteiger partial charge in [0.2, 0.25) is 12.2 Å². The van der Waals surface area contributed by atoms with Crippen LogP contribution in [0.4, 0.5) is 123 Å². The van der Waals surface area contributed by atoms with Gasteiger partial charge < -0.3 is 0 Å². The van der Waals surface area contributed by atoms with Gasteiger partial charge in [0.15, 0.2) is 0 Å². The predicted molar refractivity (Wildman–Crippen MR) is 95.2 cm³/mol. The maximum absolute atomic E-state index is 13.8. The van der Waals surface area contributed by atoms with Gasteiger partial charge in [-0.1, -0.05) is 0 Å². The quantitative estimate of drug-likeness (QED) is 0.0841. The molecule has 0 fully saturated rings. The Hall–Kier alpha value is -3.20. The minimum absolute atomic E-state index is 0.204. The Labute approximate surface area is 252 Å². The van der Waals surface area contributed by atoms with Gasteiger partial charge in [-0.25, -0.2) is 9.59 Å². The summed E-state index contributed by atoms with van der Waals surface area (Å²) in [6.07, 6.45) is -0.408. The molecular weight excluding hydrogens is 808 g/mol. The lowest BCUT2D eigenvalue weighted by Gasteiger charge is -2.46. The van der Waals surface area contributed by atoms with Gasteiger partial charge in [-0.3, -0.25) is 0 Å². The molecule has 50 heavy (non-hydrogen) atoms. The summed E-state index contributed by atoms with van der Waals surface area (Å²) >= 11 is 0. The van der Waals surface area contributed by atoms with Crippen molar-refractivity contribution < 1.29 is 133 Å². The van der Waals surface area contributed by atoms with Crippen molar-refractivity contribution in [2.24, 2.45) is 9.98 Å².